The summed E-state index contributed by atoms with van der Waals surface area (Å²) in [5, 5.41) is 0.119. The Morgan fingerprint density at radius 3 is 1.53 bits per heavy atom. The molecule has 2 bridgehead atoms. The number of carbonyl (C=O) groups is 4. The second-order valence-electron chi connectivity index (χ2n) is 13.2. The lowest BCUT2D eigenvalue weighted by Crippen LogP contribution is -2.45. The summed E-state index contributed by atoms with van der Waals surface area (Å²) in [6.45, 7) is 1.79. The van der Waals surface area contributed by atoms with Crippen molar-refractivity contribution >= 4 is 52.0 Å². The number of esters is 1. The van der Waals surface area contributed by atoms with Crippen LogP contribution in [0.5, 0.6) is 11.5 Å². The molecule has 0 aromatic heterocycles. The monoisotopic (exact) mass is 723 g/mol. The minimum absolute atomic E-state index is 0.0224. The van der Waals surface area contributed by atoms with Crippen LogP contribution in [-0.2, 0) is 30.0 Å². The van der Waals surface area contributed by atoms with Crippen LogP contribution in [0.15, 0.2) is 127 Å². The number of anilines is 1. The lowest BCUT2D eigenvalue weighted by Gasteiger charge is -2.39. The number of imide groups is 1. The molecule has 0 N–H and O–H groups in total. The zero-order valence-electron chi connectivity index (χ0n) is 29.2. The van der Waals surface area contributed by atoms with Crippen LogP contribution < -0.4 is 14.4 Å². The first kappa shape index (κ1) is 34.1. The first-order valence-corrected chi connectivity index (χ1v) is 17.7. The van der Waals surface area contributed by atoms with Crippen LogP contribution in [0, 0.1) is 11.8 Å². The minimum Gasteiger partial charge on any atom is -0.497 e. The van der Waals surface area contributed by atoms with Gasteiger partial charge in [-0.15, -0.1) is 0 Å². The molecule has 5 aromatic rings. The third-order valence-corrected chi connectivity index (χ3v) is 11.2. The molecule has 5 aromatic carbocycles. The number of hydrogen-bond acceptors (Lipinski definition) is 7. The van der Waals surface area contributed by atoms with E-state index >= 15 is 14.4 Å². The maximum Gasteiger partial charge on any atom is 0.339 e. The molecule has 9 heteroatoms. The van der Waals surface area contributed by atoms with Gasteiger partial charge in [0, 0.05) is 0 Å². The predicted octanol–water partition coefficient (Wildman–Crippen LogP) is 7.72. The highest BCUT2D eigenvalue weighted by Gasteiger charge is 2.82. The van der Waals surface area contributed by atoms with E-state index in [1.807, 2.05) is 109 Å². The van der Waals surface area contributed by atoms with Gasteiger partial charge in [-0.3, -0.25) is 14.4 Å². The molecule has 1 aliphatic heterocycles. The quantitative estimate of drug-likeness (QED) is 0.113. The molecular formula is C44H34ClNO7. The number of methoxy groups -OCH3 is 2. The number of hydrogen-bond donors (Lipinski definition) is 0. The first-order chi connectivity index (χ1) is 25.7. The average molecular weight is 724 g/mol. The Bertz CT molecular complexity index is 2190. The third-order valence-electron chi connectivity index (χ3n) is 10.9. The Morgan fingerprint density at radius 2 is 1.11 bits per heavy atom. The maximum absolute atomic E-state index is 16.1. The van der Waals surface area contributed by atoms with Crippen molar-refractivity contribution in [3.8, 4) is 11.5 Å². The molecule has 1 saturated carbocycles. The molecule has 8 nitrogen and oxygen atoms in total. The predicted molar refractivity (Wildman–Crippen MR) is 201 cm³/mol. The van der Waals surface area contributed by atoms with Gasteiger partial charge in [-0.25, -0.2) is 9.69 Å². The molecule has 3 aliphatic rings. The Hall–Kier alpha value is -5.99. The molecular weight excluding hydrogens is 690 g/mol. The van der Waals surface area contributed by atoms with Crippen molar-refractivity contribution in [3.63, 3.8) is 0 Å². The number of ether oxygens (including phenoxy) is 3. The number of ketones is 1. The van der Waals surface area contributed by atoms with Crippen LogP contribution >= 0.6 is 11.6 Å². The van der Waals surface area contributed by atoms with Gasteiger partial charge in [0.05, 0.1) is 59.8 Å². The van der Waals surface area contributed by atoms with Crippen LogP contribution in [0.2, 0.25) is 5.02 Å². The van der Waals surface area contributed by atoms with Crippen LogP contribution in [0.1, 0.15) is 39.5 Å². The summed E-state index contributed by atoms with van der Waals surface area (Å²) in [6, 6.07) is 37.8. The summed E-state index contributed by atoms with van der Waals surface area (Å²) in [4.78, 5) is 60.9. The van der Waals surface area contributed by atoms with Crippen molar-refractivity contribution in [2.75, 3.05) is 25.7 Å². The summed E-state index contributed by atoms with van der Waals surface area (Å²) in [7, 11) is 3.17. The highest BCUT2D eigenvalue weighted by molar-refractivity contribution is 6.39. The van der Waals surface area contributed by atoms with E-state index in [-0.39, 0.29) is 28.7 Å². The number of fused-ring (bicyclic) bond motifs is 5. The Kier molecular flexibility index (Phi) is 8.30. The fraction of sp³-hybridized carbons (Fsp3) is 0.182. The van der Waals surface area contributed by atoms with Crippen LogP contribution in [0.3, 0.4) is 0 Å². The molecule has 2 fully saturated rings. The van der Waals surface area contributed by atoms with Gasteiger partial charge in [-0.2, -0.15) is 0 Å². The molecule has 264 valence electrons. The molecule has 2 aliphatic carbocycles. The minimum atomic E-state index is -1.61. The standard InChI is InChI=1S/C44H34ClNO7/c1-4-53-41(49)33-25-30(19-24-34(33)45)46-39(47)37-38(40(46)48)44(29-13-9-6-10-14-29)36(27-17-22-32(52-3)23-18-27)35(26-15-20-31(51-2)21-16-26)43(37,42(44)50)28-11-7-5-8-12-28/h5-25,37-38H,4H2,1-3H3/t37-,38-,43-,44-/m0/s1. The summed E-state index contributed by atoms with van der Waals surface area (Å²) in [5.41, 5.74) is 0.853. The largest absolute Gasteiger partial charge is 0.497 e. The second-order valence-corrected chi connectivity index (χ2v) is 13.6. The SMILES string of the molecule is CCOC(=O)c1cc(N2C(=O)[C@@H]3[C@@H](C2=O)[C@@]2(c4ccccc4)C(=O)[C@@]3(c3ccccc3)C(c3ccc(OC)cc3)=C2c2ccc(OC)cc2)ccc1Cl. The summed E-state index contributed by atoms with van der Waals surface area (Å²) in [5.74, 6) is -3.08. The van der Waals surface area contributed by atoms with Crippen molar-refractivity contribution in [3.05, 3.63) is 160 Å². The third kappa shape index (κ3) is 4.68. The van der Waals surface area contributed by atoms with E-state index in [0.29, 0.717) is 44.9 Å². The Labute approximate surface area is 311 Å². The summed E-state index contributed by atoms with van der Waals surface area (Å²) >= 11 is 6.44. The van der Waals surface area contributed by atoms with E-state index in [9.17, 15) is 4.79 Å². The van der Waals surface area contributed by atoms with Crippen molar-refractivity contribution < 1.29 is 33.4 Å². The molecule has 8 rings (SSSR count). The fourth-order valence-corrected chi connectivity index (χ4v) is 9.11. The molecule has 0 radical (unpaired) electrons. The normalized spacial score (nSPS) is 23.0. The number of allylic oxidation sites excluding steroid dienone is 2. The number of carbonyl (C=O) groups excluding carboxylic acids is 4. The van der Waals surface area contributed by atoms with Crippen molar-refractivity contribution in [2.45, 2.75) is 17.8 Å². The number of amides is 2. The average Bonchev–Trinajstić information content (AvgIpc) is 3.71. The van der Waals surface area contributed by atoms with Gasteiger partial charge >= 0.3 is 5.97 Å². The maximum atomic E-state index is 16.1. The number of Topliss-reactive ketones (excluding diaryl/α,β-unsaturated/α-hetero) is 1. The zero-order chi connectivity index (χ0) is 37.1. The molecule has 53 heavy (non-hydrogen) atoms. The summed E-state index contributed by atoms with van der Waals surface area (Å²) in [6.07, 6.45) is 0. The molecule has 4 atom stereocenters. The van der Waals surface area contributed by atoms with Gasteiger partial charge < -0.3 is 14.2 Å². The smallest absolute Gasteiger partial charge is 0.339 e. The highest BCUT2D eigenvalue weighted by Crippen LogP contribution is 2.74. The lowest BCUT2D eigenvalue weighted by molar-refractivity contribution is -0.130. The number of rotatable bonds is 9. The van der Waals surface area contributed by atoms with E-state index in [2.05, 4.69) is 0 Å². The molecule has 1 saturated heterocycles. The molecule has 0 spiro atoms. The van der Waals surface area contributed by atoms with E-state index in [1.165, 1.54) is 18.2 Å². The summed E-state index contributed by atoms with van der Waals surface area (Å²) < 4.78 is 16.3. The highest BCUT2D eigenvalue weighted by atomic mass is 35.5. The van der Waals surface area contributed by atoms with Crippen molar-refractivity contribution in [1.29, 1.82) is 0 Å². The zero-order valence-corrected chi connectivity index (χ0v) is 29.9. The van der Waals surface area contributed by atoms with E-state index in [4.69, 9.17) is 25.8 Å². The molecule has 2 amide bonds. The Morgan fingerprint density at radius 1 is 0.660 bits per heavy atom. The molecule has 1 heterocycles. The first-order valence-electron chi connectivity index (χ1n) is 17.3. The van der Waals surface area contributed by atoms with E-state index in [1.54, 1.807) is 21.1 Å². The lowest BCUT2D eigenvalue weighted by atomic mass is 9.59. The van der Waals surface area contributed by atoms with Gasteiger partial charge in [0.25, 0.3) is 0 Å². The van der Waals surface area contributed by atoms with E-state index < -0.39 is 40.4 Å². The second kappa shape index (κ2) is 12.9. The van der Waals surface area contributed by atoms with Crippen LogP contribution in [0.4, 0.5) is 5.69 Å². The van der Waals surface area contributed by atoms with Crippen LogP contribution in [0.25, 0.3) is 11.1 Å². The number of benzene rings is 5. The number of nitrogens with zero attached hydrogens (tertiary/aromatic N) is 1. The topological polar surface area (TPSA) is 99.2 Å². The molecule has 0 unspecified atom stereocenters. The van der Waals surface area contributed by atoms with Crippen molar-refractivity contribution in [1.82, 2.24) is 0 Å². The van der Waals surface area contributed by atoms with Gasteiger partial charge in [0.15, 0.2) is 5.78 Å². The van der Waals surface area contributed by atoms with Crippen LogP contribution in [-0.4, -0.2) is 44.4 Å². The van der Waals surface area contributed by atoms with Crippen molar-refractivity contribution in [2.24, 2.45) is 11.8 Å². The fourth-order valence-electron chi connectivity index (χ4n) is 8.91. The Balaban J connectivity index is 1.49. The van der Waals surface area contributed by atoms with Gasteiger partial charge in [0.2, 0.25) is 11.8 Å². The number of halogens is 1. The van der Waals surface area contributed by atoms with E-state index in [0.717, 1.165) is 4.90 Å². The van der Waals surface area contributed by atoms with Gasteiger partial charge in [0.1, 0.15) is 11.5 Å². The van der Waals surface area contributed by atoms with Gasteiger partial charge in [-0.1, -0.05) is 96.5 Å². The van der Waals surface area contributed by atoms with Gasteiger partial charge in [-0.05, 0) is 82.8 Å².